The highest BCUT2D eigenvalue weighted by molar-refractivity contribution is 9.10. The number of sulfonamides is 1. The number of nitrogens with one attached hydrogen (secondary N) is 1. The molecular weight excluding hydrogens is 480 g/mol. The number of hydrogen-bond donors (Lipinski definition) is 1. The number of carbonyl (C=O) groups is 1. The number of benzene rings is 2. The minimum atomic E-state index is -3.65. The van der Waals surface area contributed by atoms with Crippen LogP contribution in [0.2, 0.25) is 0 Å². The first-order chi connectivity index (χ1) is 13.8. The van der Waals surface area contributed by atoms with E-state index in [9.17, 15) is 13.2 Å². The van der Waals surface area contributed by atoms with Crippen LogP contribution in [0, 0.1) is 0 Å². The molecular formula is C18H17BrN4O4S2. The molecule has 1 N–H and O–H groups in total. The van der Waals surface area contributed by atoms with Gasteiger partial charge in [0.25, 0.3) is 0 Å². The molecule has 0 saturated carbocycles. The summed E-state index contributed by atoms with van der Waals surface area (Å²) >= 11 is 4.49. The van der Waals surface area contributed by atoms with Crippen LogP contribution in [0.3, 0.4) is 0 Å². The van der Waals surface area contributed by atoms with Crippen molar-refractivity contribution in [2.75, 3.05) is 29.5 Å². The number of hydrogen-bond acceptors (Lipinski definition) is 7. The van der Waals surface area contributed by atoms with E-state index in [-0.39, 0.29) is 11.7 Å². The molecule has 1 aromatic heterocycles. The van der Waals surface area contributed by atoms with E-state index in [2.05, 4.69) is 31.4 Å². The van der Waals surface area contributed by atoms with Crippen LogP contribution in [-0.4, -0.2) is 44.4 Å². The van der Waals surface area contributed by atoms with Crippen LogP contribution in [0.15, 0.2) is 53.0 Å². The van der Waals surface area contributed by atoms with E-state index in [1.807, 2.05) is 12.1 Å². The van der Waals surface area contributed by atoms with Gasteiger partial charge in [-0.1, -0.05) is 27.3 Å². The number of nitrogens with zero attached hydrogens (tertiary/aromatic N) is 3. The lowest BCUT2D eigenvalue weighted by Crippen LogP contribution is -2.37. The zero-order valence-corrected chi connectivity index (χ0v) is 18.7. The van der Waals surface area contributed by atoms with Gasteiger partial charge in [0, 0.05) is 10.0 Å². The number of carbonyl (C=O) groups excluding carboxylic acids is 1. The number of amides is 1. The normalized spacial score (nSPS) is 11.1. The molecule has 1 heterocycles. The maximum atomic E-state index is 12.4. The van der Waals surface area contributed by atoms with E-state index >= 15 is 0 Å². The Morgan fingerprint density at radius 1 is 1.14 bits per heavy atom. The molecule has 0 bridgehead atoms. The highest BCUT2D eigenvalue weighted by atomic mass is 79.9. The van der Waals surface area contributed by atoms with Crippen molar-refractivity contribution in [2.24, 2.45) is 0 Å². The summed E-state index contributed by atoms with van der Waals surface area (Å²) in [7, 11) is -2.06. The molecule has 0 spiro atoms. The quantitative estimate of drug-likeness (QED) is 0.537. The third kappa shape index (κ3) is 5.52. The summed E-state index contributed by atoms with van der Waals surface area (Å²) in [5, 5.41) is 11.5. The van der Waals surface area contributed by atoms with Crippen molar-refractivity contribution in [3.63, 3.8) is 0 Å². The van der Waals surface area contributed by atoms with Crippen molar-refractivity contribution >= 4 is 54.0 Å². The zero-order chi connectivity index (χ0) is 21.0. The molecule has 0 aliphatic carbocycles. The van der Waals surface area contributed by atoms with Gasteiger partial charge in [-0.3, -0.25) is 14.4 Å². The molecule has 1 amide bonds. The van der Waals surface area contributed by atoms with E-state index in [4.69, 9.17) is 4.74 Å². The number of methoxy groups -OCH3 is 1. The summed E-state index contributed by atoms with van der Waals surface area (Å²) < 4.78 is 31.2. The molecule has 0 fully saturated rings. The zero-order valence-electron chi connectivity index (χ0n) is 15.5. The molecule has 3 rings (SSSR count). The topological polar surface area (TPSA) is 101 Å². The van der Waals surface area contributed by atoms with Crippen molar-refractivity contribution in [1.82, 2.24) is 10.2 Å². The average Bonchev–Trinajstić information content (AvgIpc) is 3.14. The molecule has 29 heavy (non-hydrogen) atoms. The Morgan fingerprint density at radius 2 is 1.79 bits per heavy atom. The summed E-state index contributed by atoms with van der Waals surface area (Å²) in [5.74, 6) is 0.205. The van der Waals surface area contributed by atoms with Gasteiger partial charge in [0.15, 0.2) is 0 Å². The fourth-order valence-electron chi connectivity index (χ4n) is 2.42. The summed E-state index contributed by atoms with van der Waals surface area (Å²) in [6.07, 6.45) is 1.05. The van der Waals surface area contributed by atoms with Crippen LogP contribution >= 0.6 is 27.3 Å². The minimum Gasteiger partial charge on any atom is -0.497 e. The van der Waals surface area contributed by atoms with Gasteiger partial charge in [0.2, 0.25) is 21.1 Å². The Morgan fingerprint density at radius 3 is 2.38 bits per heavy atom. The maximum Gasteiger partial charge on any atom is 0.246 e. The first-order valence-corrected chi connectivity index (χ1v) is 11.7. The fourth-order valence-corrected chi connectivity index (χ4v) is 4.31. The van der Waals surface area contributed by atoms with Gasteiger partial charge < -0.3 is 4.74 Å². The number of halogens is 1. The molecule has 0 saturated heterocycles. The molecule has 3 aromatic rings. The first-order valence-electron chi connectivity index (χ1n) is 8.27. The molecule has 0 atom stereocenters. The van der Waals surface area contributed by atoms with E-state index in [1.54, 1.807) is 43.5 Å². The largest absolute Gasteiger partial charge is 0.497 e. The van der Waals surface area contributed by atoms with Gasteiger partial charge >= 0.3 is 0 Å². The van der Waals surface area contributed by atoms with Gasteiger partial charge in [0.1, 0.15) is 17.3 Å². The van der Waals surface area contributed by atoms with Gasteiger partial charge in [-0.2, -0.15) is 0 Å². The molecule has 0 aliphatic heterocycles. The molecule has 0 unspecified atom stereocenters. The third-order valence-electron chi connectivity index (χ3n) is 3.81. The first kappa shape index (κ1) is 21.2. The van der Waals surface area contributed by atoms with Gasteiger partial charge in [-0.05, 0) is 48.5 Å². The predicted octanol–water partition coefficient (Wildman–Crippen LogP) is 3.38. The summed E-state index contributed by atoms with van der Waals surface area (Å²) in [5.41, 5.74) is 1.22. The van der Waals surface area contributed by atoms with E-state index in [1.165, 1.54) is 11.3 Å². The third-order valence-corrected chi connectivity index (χ3v) is 6.37. The summed E-state index contributed by atoms with van der Waals surface area (Å²) in [4.78, 5) is 12.4. The van der Waals surface area contributed by atoms with Crippen LogP contribution in [0.4, 0.5) is 10.8 Å². The molecule has 0 radical (unpaired) electrons. The lowest BCUT2D eigenvalue weighted by molar-refractivity contribution is -0.114. The molecule has 8 nitrogen and oxygen atoms in total. The van der Waals surface area contributed by atoms with Gasteiger partial charge in [0.05, 0.1) is 19.1 Å². The van der Waals surface area contributed by atoms with E-state index < -0.39 is 15.9 Å². The van der Waals surface area contributed by atoms with E-state index in [0.29, 0.717) is 10.7 Å². The number of anilines is 2. The second kappa shape index (κ2) is 8.89. The summed E-state index contributed by atoms with van der Waals surface area (Å²) in [6.45, 7) is -0.377. The maximum absolute atomic E-state index is 12.4. The lowest BCUT2D eigenvalue weighted by Gasteiger charge is -2.21. The minimum absolute atomic E-state index is 0.282. The van der Waals surface area contributed by atoms with Crippen molar-refractivity contribution in [2.45, 2.75) is 0 Å². The Labute approximate surface area is 180 Å². The smallest absolute Gasteiger partial charge is 0.246 e. The van der Waals surface area contributed by atoms with Crippen molar-refractivity contribution in [1.29, 1.82) is 0 Å². The second-order valence-electron chi connectivity index (χ2n) is 5.94. The van der Waals surface area contributed by atoms with Gasteiger partial charge in [-0.15, -0.1) is 10.2 Å². The van der Waals surface area contributed by atoms with Crippen LogP contribution in [-0.2, 0) is 14.8 Å². The van der Waals surface area contributed by atoms with Crippen LogP contribution in [0.25, 0.3) is 10.6 Å². The van der Waals surface area contributed by atoms with Crippen LogP contribution in [0.5, 0.6) is 5.75 Å². The monoisotopic (exact) mass is 496 g/mol. The number of aromatic nitrogens is 2. The van der Waals surface area contributed by atoms with Crippen molar-refractivity contribution in [3.8, 4) is 16.3 Å². The standard InChI is InChI=1S/C18H17BrN4O4S2/c1-27-15-9-3-12(4-10-15)17-21-22-18(28-17)20-16(24)11-23(29(2,25)26)14-7-5-13(19)6-8-14/h3-10H,11H2,1-2H3,(H,20,22,24). The number of rotatable bonds is 7. The Balaban J connectivity index is 1.72. The van der Waals surface area contributed by atoms with Crippen LogP contribution < -0.4 is 14.4 Å². The van der Waals surface area contributed by atoms with Gasteiger partial charge in [-0.25, -0.2) is 8.42 Å². The molecule has 2 aromatic carbocycles. The highest BCUT2D eigenvalue weighted by Crippen LogP contribution is 2.28. The summed E-state index contributed by atoms with van der Waals surface area (Å²) in [6, 6.07) is 13.9. The fraction of sp³-hybridized carbons (Fsp3) is 0.167. The lowest BCUT2D eigenvalue weighted by atomic mass is 10.2. The van der Waals surface area contributed by atoms with E-state index in [0.717, 1.165) is 26.3 Å². The second-order valence-corrected chi connectivity index (χ2v) is 9.74. The van der Waals surface area contributed by atoms with Crippen molar-refractivity contribution in [3.05, 3.63) is 53.0 Å². The van der Waals surface area contributed by atoms with Crippen molar-refractivity contribution < 1.29 is 17.9 Å². The Hall–Kier alpha value is -2.50. The molecule has 11 heteroatoms. The predicted molar refractivity (Wildman–Crippen MR) is 117 cm³/mol. The SMILES string of the molecule is COc1ccc(-c2nnc(NC(=O)CN(c3ccc(Br)cc3)S(C)(=O)=O)s2)cc1. The molecule has 152 valence electrons. The average molecular weight is 497 g/mol. The Bertz CT molecular complexity index is 1100. The number of ether oxygens (including phenoxy) is 1. The highest BCUT2D eigenvalue weighted by Gasteiger charge is 2.21. The van der Waals surface area contributed by atoms with Crippen LogP contribution in [0.1, 0.15) is 0 Å². The Kier molecular flexibility index (Phi) is 6.50. The molecule has 0 aliphatic rings.